The van der Waals surface area contributed by atoms with Crippen molar-refractivity contribution < 1.29 is 0 Å². The summed E-state index contributed by atoms with van der Waals surface area (Å²) in [7, 11) is 0. The van der Waals surface area contributed by atoms with Crippen LogP contribution < -0.4 is 5.73 Å². The summed E-state index contributed by atoms with van der Waals surface area (Å²) in [5, 5.41) is 0.400. The van der Waals surface area contributed by atoms with Gasteiger partial charge in [0.2, 0.25) is 0 Å². The Labute approximate surface area is 126 Å². The van der Waals surface area contributed by atoms with Gasteiger partial charge in [0.1, 0.15) is 0 Å². The van der Waals surface area contributed by atoms with Crippen LogP contribution in [0.25, 0.3) is 0 Å². The van der Waals surface area contributed by atoms with Gasteiger partial charge in [-0.2, -0.15) is 11.8 Å². The largest absolute Gasteiger partial charge is 0.323 e. The predicted octanol–water partition coefficient (Wildman–Crippen LogP) is 4.63. The molecule has 2 heteroatoms. The van der Waals surface area contributed by atoms with Crippen LogP contribution in [0.3, 0.4) is 0 Å². The van der Waals surface area contributed by atoms with E-state index in [0.29, 0.717) is 5.25 Å². The van der Waals surface area contributed by atoms with E-state index in [1.165, 1.54) is 22.3 Å². The van der Waals surface area contributed by atoms with E-state index in [9.17, 15) is 0 Å². The van der Waals surface area contributed by atoms with Crippen LogP contribution >= 0.6 is 11.8 Å². The third-order valence-electron chi connectivity index (χ3n) is 3.73. The zero-order valence-electron chi connectivity index (χ0n) is 12.5. The molecule has 0 amide bonds. The van der Waals surface area contributed by atoms with Gasteiger partial charge in [-0.05, 0) is 30.5 Å². The molecule has 0 aliphatic rings. The quantitative estimate of drug-likeness (QED) is 0.867. The van der Waals surface area contributed by atoms with E-state index in [2.05, 4.69) is 69.3 Å². The summed E-state index contributed by atoms with van der Waals surface area (Å²) in [5.74, 6) is 1.02. The van der Waals surface area contributed by atoms with Gasteiger partial charge in [-0.1, -0.05) is 61.0 Å². The normalized spacial score (nSPS) is 14.0. The van der Waals surface area contributed by atoms with Gasteiger partial charge in [-0.25, -0.2) is 0 Å². The monoisotopic (exact) mass is 285 g/mol. The molecule has 0 aromatic heterocycles. The van der Waals surface area contributed by atoms with E-state index in [4.69, 9.17) is 5.73 Å². The summed E-state index contributed by atoms with van der Waals surface area (Å²) in [5.41, 5.74) is 11.6. The highest BCUT2D eigenvalue weighted by Crippen LogP contribution is 2.28. The Morgan fingerprint density at radius 3 is 2.30 bits per heavy atom. The molecule has 0 bridgehead atoms. The molecule has 2 unspecified atom stereocenters. The number of benzene rings is 2. The van der Waals surface area contributed by atoms with Gasteiger partial charge in [-0.3, -0.25) is 0 Å². The summed E-state index contributed by atoms with van der Waals surface area (Å²) in [4.78, 5) is 0. The minimum absolute atomic E-state index is 0.0876. The van der Waals surface area contributed by atoms with Crippen molar-refractivity contribution in [3.05, 3.63) is 70.8 Å². The molecule has 0 radical (unpaired) electrons. The Morgan fingerprint density at radius 1 is 1.00 bits per heavy atom. The molecule has 106 valence electrons. The summed E-state index contributed by atoms with van der Waals surface area (Å²) in [6.07, 6.45) is 0. The predicted molar refractivity (Wildman–Crippen MR) is 90.0 cm³/mol. The molecular weight excluding hydrogens is 262 g/mol. The van der Waals surface area contributed by atoms with Crippen LogP contribution in [0.15, 0.2) is 48.5 Å². The summed E-state index contributed by atoms with van der Waals surface area (Å²) < 4.78 is 0. The number of thioether (sulfide) groups is 1. The minimum atomic E-state index is 0.0876. The van der Waals surface area contributed by atoms with Crippen LogP contribution in [0.1, 0.15) is 35.2 Å². The van der Waals surface area contributed by atoms with Gasteiger partial charge in [0.25, 0.3) is 0 Å². The second kappa shape index (κ2) is 6.96. The van der Waals surface area contributed by atoms with E-state index in [1.807, 2.05) is 11.8 Å². The van der Waals surface area contributed by atoms with Gasteiger partial charge in [0, 0.05) is 17.0 Å². The Kier molecular flexibility index (Phi) is 5.27. The number of nitrogens with two attached hydrogens (primary N) is 1. The maximum absolute atomic E-state index is 6.37. The molecule has 2 rings (SSSR count). The first-order valence-corrected chi connectivity index (χ1v) is 8.11. The van der Waals surface area contributed by atoms with Crippen LogP contribution in [0.5, 0.6) is 0 Å². The van der Waals surface area contributed by atoms with Gasteiger partial charge in [0.05, 0.1) is 0 Å². The maximum atomic E-state index is 6.37. The Balaban J connectivity index is 1.96. The third kappa shape index (κ3) is 3.87. The fourth-order valence-corrected chi connectivity index (χ4v) is 3.29. The molecule has 0 saturated heterocycles. The lowest BCUT2D eigenvalue weighted by Crippen LogP contribution is -2.21. The molecule has 1 nitrogen and oxygen atoms in total. The van der Waals surface area contributed by atoms with E-state index in [-0.39, 0.29) is 6.04 Å². The number of hydrogen-bond acceptors (Lipinski definition) is 2. The fraction of sp³-hybridized carbons (Fsp3) is 0.333. The summed E-state index contributed by atoms with van der Waals surface area (Å²) in [6.45, 7) is 6.49. The summed E-state index contributed by atoms with van der Waals surface area (Å²) >= 11 is 1.93. The Hall–Kier alpha value is -1.25. The molecule has 0 aliphatic heterocycles. The highest BCUT2D eigenvalue weighted by molar-refractivity contribution is 7.99. The smallest absolute Gasteiger partial charge is 0.0412 e. The van der Waals surface area contributed by atoms with Crippen LogP contribution in [0.4, 0.5) is 0 Å². The van der Waals surface area contributed by atoms with Crippen molar-refractivity contribution in [2.75, 3.05) is 0 Å². The highest BCUT2D eigenvalue weighted by atomic mass is 32.2. The first-order valence-electron chi connectivity index (χ1n) is 7.06. The Morgan fingerprint density at radius 2 is 1.65 bits per heavy atom. The number of hydrogen-bond donors (Lipinski definition) is 1. The molecule has 0 saturated carbocycles. The molecule has 0 aliphatic carbocycles. The van der Waals surface area contributed by atoms with Crippen LogP contribution in [-0.4, -0.2) is 5.25 Å². The third-order valence-corrected chi connectivity index (χ3v) is 5.03. The lowest BCUT2D eigenvalue weighted by molar-refractivity contribution is 0.714. The fourth-order valence-electron chi connectivity index (χ4n) is 2.16. The molecule has 0 heterocycles. The van der Waals surface area contributed by atoms with Gasteiger partial charge >= 0.3 is 0 Å². The summed E-state index contributed by atoms with van der Waals surface area (Å²) in [6, 6.07) is 17.2. The van der Waals surface area contributed by atoms with Crippen molar-refractivity contribution in [2.45, 2.75) is 37.8 Å². The second-order valence-corrected chi connectivity index (χ2v) is 6.74. The van der Waals surface area contributed by atoms with E-state index in [1.54, 1.807) is 0 Å². The van der Waals surface area contributed by atoms with Crippen molar-refractivity contribution in [2.24, 2.45) is 5.73 Å². The SMILES string of the molecule is Cc1ccc(C(N)C(C)SCc2ccccc2C)cc1. The van der Waals surface area contributed by atoms with Gasteiger partial charge in [0.15, 0.2) is 0 Å². The zero-order valence-corrected chi connectivity index (χ0v) is 13.3. The molecule has 2 aromatic rings. The maximum Gasteiger partial charge on any atom is 0.0412 e. The van der Waals surface area contributed by atoms with Crippen molar-refractivity contribution in [3.8, 4) is 0 Å². The molecule has 2 atom stereocenters. The van der Waals surface area contributed by atoms with Crippen molar-refractivity contribution >= 4 is 11.8 Å². The van der Waals surface area contributed by atoms with Crippen molar-refractivity contribution in [1.29, 1.82) is 0 Å². The van der Waals surface area contributed by atoms with E-state index in [0.717, 1.165) is 5.75 Å². The van der Waals surface area contributed by atoms with Crippen LogP contribution in [-0.2, 0) is 5.75 Å². The first-order chi connectivity index (χ1) is 9.58. The number of rotatable bonds is 5. The van der Waals surface area contributed by atoms with E-state index < -0.39 is 0 Å². The Bertz CT molecular complexity index is 548. The average molecular weight is 285 g/mol. The average Bonchev–Trinajstić information content (AvgIpc) is 2.46. The number of aryl methyl sites for hydroxylation is 2. The molecule has 2 N–H and O–H groups in total. The molecule has 2 aromatic carbocycles. The van der Waals surface area contributed by atoms with E-state index >= 15 is 0 Å². The first kappa shape index (κ1) is 15.1. The molecule has 20 heavy (non-hydrogen) atoms. The lowest BCUT2D eigenvalue weighted by Gasteiger charge is -2.20. The van der Waals surface area contributed by atoms with Crippen LogP contribution in [0.2, 0.25) is 0 Å². The standard InChI is InChI=1S/C18H23NS/c1-13-8-10-16(11-9-13)18(19)15(3)20-12-17-7-5-4-6-14(17)2/h4-11,15,18H,12,19H2,1-3H3. The van der Waals surface area contributed by atoms with Gasteiger partial charge in [-0.15, -0.1) is 0 Å². The minimum Gasteiger partial charge on any atom is -0.323 e. The second-order valence-electron chi connectivity index (χ2n) is 5.38. The van der Waals surface area contributed by atoms with Crippen molar-refractivity contribution in [3.63, 3.8) is 0 Å². The topological polar surface area (TPSA) is 26.0 Å². The molecular formula is C18H23NS. The van der Waals surface area contributed by atoms with Crippen LogP contribution in [0, 0.1) is 13.8 Å². The van der Waals surface area contributed by atoms with Gasteiger partial charge < -0.3 is 5.73 Å². The molecule has 0 fully saturated rings. The highest BCUT2D eigenvalue weighted by Gasteiger charge is 2.15. The lowest BCUT2D eigenvalue weighted by atomic mass is 10.0. The molecule has 0 spiro atoms. The van der Waals surface area contributed by atoms with Crippen molar-refractivity contribution in [1.82, 2.24) is 0 Å². The zero-order chi connectivity index (χ0) is 14.5.